The summed E-state index contributed by atoms with van der Waals surface area (Å²) in [5.74, 6) is -21.8. The molecule has 76 heavy (non-hydrogen) atoms. The lowest BCUT2D eigenvalue weighted by Gasteiger charge is -2.28. The molecule has 0 radical (unpaired) electrons. The van der Waals surface area contributed by atoms with Crippen LogP contribution >= 0.6 is 0 Å². The molecule has 2 aliphatic heterocycles. The van der Waals surface area contributed by atoms with Crippen molar-refractivity contribution in [2.75, 3.05) is 132 Å². The molecule has 2 heterocycles. The number of rotatable bonds is 42. The maximum atomic E-state index is 14.1. The second-order valence-electron chi connectivity index (χ2n) is 16.0. The fraction of sp³-hybridized carbons (Fsp3) is 0.596. The van der Waals surface area contributed by atoms with Crippen LogP contribution in [0, 0.1) is 29.1 Å². The lowest BCUT2D eigenvalue weighted by molar-refractivity contribution is -0.139. The molecule has 424 valence electrons. The van der Waals surface area contributed by atoms with E-state index in [1.807, 2.05) is 0 Å². The molecule has 8 amide bonds. The van der Waals surface area contributed by atoms with Gasteiger partial charge < -0.3 is 63.9 Å². The van der Waals surface area contributed by atoms with Crippen LogP contribution in [0.1, 0.15) is 38.5 Å². The Bertz CT molecular complexity index is 2110. The molecule has 0 spiro atoms. The normalized spacial score (nSPS) is 13.9. The van der Waals surface area contributed by atoms with E-state index in [0.29, 0.717) is 66.1 Å². The highest BCUT2D eigenvalue weighted by Gasteiger charge is 2.37. The first kappa shape index (κ1) is 63.9. The molecule has 3 rings (SSSR count). The zero-order valence-corrected chi connectivity index (χ0v) is 41.8. The lowest BCUT2D eigenvalue weighted by atomic mass is 10.0. The van der Waals surface area contributed by atoms with Crippen LogP contribution in [0.3, 0.4) is 0 Å². The number of nitrogens with one attached hydrogen (secondary N) is 4. The van der Waals surface area contributed by atoms with Crippen molar-refractivity contribution in [3.63, 3.8) is 0 Å². The van der Waals surface area contributed by atoms with Crippen molar-refractivity contribution in [3.05, 3.63) is 53.4 Å². The molecule has 2 atom stereocenters. The highest BCUT2D eigenvalue weighted by molar-refractivity contribution is 6.13. The van der Waals surface area contributed by atoms with Crippen molar-refractivity contribution >= 4 is 53.2 Å². The summed E-state index contributed by atoms with van der Waals surface area (Å²) in [7, 11) is 1.60. The molecule has 0 unspecified atom stereocenters. The summed E-state index contributed by atoms with van der Waals surface area (Å²) >= 11 is 0. The highest BCUT2D eigenvalue weighted by Crippen LogP contribution is 2.29. The number of carbonyl (C=O) groups excluding carboxylic acids is 9. The minimum absolute atomic E-state index is 0.0742. The molecule has 1 aromatic rings. The van der Waals surface area contributed by atoms with Crippen LogP contribution in [0.15, 0.2) is 24.3 Å². The van der Waals surface area contributed by atoms with Crippen LogP contribution in [0.2, 0.25) is 0 Å². The van der Waals surface area contributed by atoms with Gasteiger partial charge in [0.1, 0.15) is 12.1 Å². The topological polar surface area (TPSA) is 291 Å². The SMILES string of the molecule is COCCOCCOCCOCCOCCOCCOCCOCCNC(=O)[C@@H](NC(=O)CCCN1C(=O)C=CC1=O)[C@H](NC(=O)CCCN1C(=O)C=CC1=O)C(=O)NCCCC(=O)Oc1c(F)c(F)c(F)c(F)c1F. The first-order chi connectivity index (χ1) is 36.6. The molecule has 0 aliphatic carbocycles. The van der Waals surface area contributed by atoms with Crippen LogP contribution in [-0.2, 0) is 81.0 Å². The van der Waals surface area contributed by atoms with Gasteiger partial charge in [-0.05, 0) is 19.3 Å². The van der Waals surface area contributed by atoms with Crippen molar-refractivity contribution in [3.8, 4) is 5.75 Å². The lowest BCUT2D eigenvalue weighted by Crippen LogP contribution is -2.64. The summed E-state index contributed by atoms with van der Waals surface area (Å²) in [5, 5.41) is 9.55. The maximum Gasteiger partial charge on any atom is 0.311 e. The summed E-state index contributed by atoms with van der Waals surface area (Å²) in [5.41, 5.74) is 0. The van der Waals surface area contributed by atoms with Gasteiger partial charge in [-0.2, -0.15) is 8.78 Å². The van der Waals surface area contributed by atoms with E-state index in [9.17, 15) is 65.1 Å². The number of esters is 1. The predicted molar refractivity (Wildman–Crippen MR) is 249 cm³/mol. The van der Waals surface area contributed by atoms with Gasteiger partial charge in [-0.3, -0.25) is 53.0 Å². The number of hydrogen-bond acceptors (Lipinski definition) is 18. The predicted octanol–water partition coefficient (Wildman–Crippen LogP) is -0.557. The van der Waals surface area contributed by atoms with Crippen molar-refractivity contribution in [2.24, 2.45) is 0 Å². The Hall–Kier alpha value is -6.34. The van der Waals surface area contributed by atoms with E-state index in [4.69, 9.17) is 37.9 Å². The number of carbonyl (C=O) groups is 9. The Labute approximate surface area is 433 Å². The van der Waals surface area contributed by atoms with E-state index in [2.05, 4.69) is 26.0 Å². The smallest absolute Gasteiger partial charge is 0.311 e. The molecule has 2 aliphatic rings. The number of halogens is 5. The minimum atomic E-state index is -2.48. The molecule has 0 bridgehead atoms. The third-order valence-corrected chi connectivity index (χ3v) is 10.4. The summed E-state index contributed by atoms with van der Waals surface area (Å²) in [6.45, 7) is 3.72. The van der Waals surface area contributed by atoms with Crippen molar-refractivity contribution in [1.82, 2.24) is 31.1 Å². The van der Waals surface area contributed by atoms with Crippen LogP contribution in [0.4, 0.5) is 22.0 Å². The molecule has 1 aromatic carbocycles. The van der Waals surface area contributed by atoms with E-state index in [1.54, 1.807) is 7.11 Å². The Morgan fingerprint density at radius 2 is 0.776 bits per heavy atom. The molecule has 0 fully saturated rings. The number of amides is 8. The summed E-state index contributed by atoms with van der Waals surface area (Å²) < 4.78 is 116. The number of nitrogens with zero attached hydrogens (tertiary/aromatic N) is 2. The molecule has 29 heteroatoms. The molecule has 4 N–H and O–H groups in total. The number of benzene rings is 1. The van der Waals surface area contributed by atoms with Crippen molar-refractivity contribution < 1.29 is 108 Å². The molecule has 24 nitrogen and oxygen atoms in total. The van der Waals surface area contributed by atoms with Gasteiger partial charge in [0.25, 0.3) is 23.6 Å². The average Bonchev–Trinajstić information content (AvgIpc) is 3.90. The van der Waals surface area contributed by atoms with E-state index in [-0.39, 0.29) is 65.5 Å². The van der Waals surface area contributed by atoms with Gasteiger partial charge >= 0.3 is 5.97 Å². The minimum Gasteiger partial charge on any atom is -0.420 e. The largest absolute Gasteiger partial charge is 0.420 e. The van der Waals surface area contributed by atoms with Gasteiger partial charge in [-0.1, -0.05) is 0 Å². The quantitative estimate of drug-likeness (QED) is 0.0121. The Morgan fingerprint density at radius 3 is 1.14 bits per heavy atom. The summed E-state index contributed by atoms with van der Waals surface area (Å²) in [6.07, 6.45) is 1.96. The first-order valence-electron chi connectivity index (χ1n) is 24.0. The number of hydrogen-bond donors (Lipinski definition) is 4. The van der Waals surface area contributed by atoms with E-state index < -0.39 is 132 Å². The van der Waals surface area contributed by atoms with Crippen LogP contribution in [-0.4, -0.2) is 208 Å². The third kappa shape index (κ3) is 23.7. The Balaban J connectivity index is 1.52. The monoisotopic (exact) mass is 1090 g/mol. The van der Waals surface area contributed by atoms with E-state index in [0.717, 1.165) is 34.1 Å². The average molecular weight is 1100 g/mol. The zero-order valence-electron chi connectivity index (χ0n) is 41.8. The highest BCUT2D eigenvalue weighted by atomic mass is 19.2. The van der Waals surface area contributed by atoms with Gasteiger partial charge in [-0.25, -0.2) is 13.2 Å². The van der Waals surface area contributed by atoms with Gasteiger partial charge in [0.15, 0.2) is 0 Å². The van der Waals surface area contributed by atoms with Gasteiger partial charge in [0.2, 0.25) is 58.5 Å². The second-order valence-corrected chi connectivity index (χ2v) is 16.0. The van der Waals surface area contributed by atoms with Gasteiger partial charge in [-0.15, -0.1) is 0 Å². The van der Waals surface area contributed by atoms with Crippen molar-refractivity contribution in [2.45, 2.75) is 50.6 Å². The fourth-order valence-corrected chi connectivity index (χ4v) is 6.50. The molecule has 0 aromatic heterocycles. The molecule has 0 saturated carbocycles. The van der Waals surface area contributed by atoms with E-state index in [1.165, 1.54) is 0 Å². The van der Waals surface area contributed by atoms with Crippen molar-refractivity contribution in [1.29, 1.82) is 0 Å². The number of ether oxygens (including phenoxy) is 9. The standard InChI is InChI=1S/C47H63F5N6O18/c1-68-17-18-70-21-22-72-25-26-74-29-30-75-28-27-73-24-23-71-20-19-69-16-13-54-47(67)44(56-32(60)6-4-15-58-35(63)10-11-36(58)64)43(55-31(59)5-3-14-57-33(61)8-9-34(57)62)46(66)53-12-2-7-37(65)76-45-41(51)39(49)38(48)40(50)42(45)52/h8-11,43-44H,2-7,12-30H2,1H3,(H,53,66)(H,54,67)(H,55,59)(H,56,60)/t43-,44-/m0/s1. The molecular weight excluding hydrogens is 1030 g/mol. The van der Waals surface area contributed by atoms with Gasteiger partial charge in [0, 0.05) is 76.9 Å². The van der Waals surface area contributed by atoms with Crippen LogP contribution in [0.5, 0.6) is 5.75 Å². The fourth-order valence-electron chi connectivity index (χ4n) is 6.50. The van der Waals surface area contributed by atoms with Gasteiger partial charge in [0.05, 0.1) is 99.1 Å². The zero-order chi connectivity index (χ0) is 55.7. The Kier molecular flexibility index (Phi) is 30.8. The van der Waals surface area contributed by atoms with E-state index >= 15 is 0 Å². The number of imide groups is 2. The maximum absolute atomic E-state index is 14.1. The van der Waals surface area contributed by atoms with Crippen LogP contribution < -0.4 is 26.0 Å². The Morgan fingerprint density at radius 1 is 0.447 bits per heavy atom. The summed E-state index contributed by atoms with van der Waals surface area (Å²) in [4.78, 5) is 116. The molecular formula is C47H63F5N6O18. The van der Waals surface area contributed by atoms with Crippen LogP contribution in [0.25, 0.3) is 0 Å². The summed E-state index contributed by atoms with van der Waals surface area (Å²) in [6, 6.07) is -3.83. The first-order valence-corrected chi connectivity index (χ1v) is 24.0. The molecule has 0 saturated heterocycles. The number of methoxy groups -OCH3 is 1. The third-order valence-electron chi connectivity index (χ3n) is 10.4. The second kappa shape index (κ2) is 36.6.